The minimum Gasteiger partial charge on any atom is -0.378 e. The van der Waals surface area contributed by atoms with Gasteiger partial charge in [0.1, 0.15) is 6.04 Å². The molecule has 2 heterocycles. The van der Waals surface area contributed by atoms with Crippen molar-refractivity contribution in [1.82, 2.24) is 15.1 Å². The van der Waals surface area contributed by atoms with Crippen LogP contribution in [0.25, 0.3) is 0 Å². The summed E-state index contributed by atoms with van der Waals surface area (Å²) in [7, 11) is 2.06. The first-order valence-corrected chi connectivity index (χ1v) is 9.57. The number of hydrogen-bond acceptors (Lipinski definition) is 4. The van der Waals surface area contributed by atoms with Crippen molar-refractivity contribution in [2.24, 2.45) is 0 Å². The van der Waals surface area contributed by atoms with Crippen molar-refractivity contribution in [3.63, 3.8) is 0 Å². The molecule has 0 aliphatic carbocycles. The van der Waals surface area contributed by atoms with Gasteiger partial charge in [-0.15, -0.1) is 0 Å². The zero-order chi connectivity index (χ0) is 18.4. The highest BCUT2D eigenvalue weighted by Crippen LogP contribution is 2.19. The average molecular weight is 359 g/mol. The van der Waals surface area contributed by atoms with Crippen LogP contribution in [0.4, 0.5) is 0 Å². The minimum absolute atomic E-state index is 0.0257. The molecule has 1 aromatic carbocycles. The van der Waals surface area contributed by atoms with E-state index in [-0.39, 0.29) is 17.9 Å². The molecular formula is C20H29N3O3. The number of likely N-dealkylation sites (N-methyl/N-ethyl adjacent to an activating group) is 1. The predicted molar refractivity (Wildman–Crippen MR) is 99.6 cm³/mol. The molecule has 6 nitrogen and oxygen atoms in total. The molecule has 2 unspecified atom stereocenters. The Morgan fingerprint density at radius 3 is 2.54 bits per heavy atom. The largest absolute Gasteiger partial charge is 0.378 e. The number of nitrogens with one attached hydrogen (secondary N) is 1. The number of hydrogen-bond donors (Lipinski definition) is 1. The number of amides is 2. The molecule has 2 aliphatic heterocycles. The number of ether oxygens (including phenoxy) is 1. The highest BCUT2D eigenvalue weighted by Gasteiger charge is 2.30. The van der Waals surface area contributed by atoms with Crippen LogP contribution in [0, 0.1) is 0 Å². The van der Waals surface area contributed by atoms with Gasteiger partial charge >= 0.3 is 0 Å². The molecule has 0 saturated carbocycles. The first kappa shape index (κ1) is 18.9. The van der Waals surface area contributed by atoms with Gasteiger partial charge in [-0.2, -0.15) is 0 Å². The van der Waals surface area contributed by atoms with Crippen molar-refractivity contribution in [3.8, 4) is 0 Å². The Morgan fingerprint density at radius 1 is 1.15 bits per heavy atom. The second kappa shape index (κ2) is 9.14. The Balaban J connectivity index is 1.67. The van der Waals surface area contributed by atoms with E-state index in [2.05, 4.69) is 17.3 Å². The van der Waals surface area contributed by atoms with Gasteiger partial charge in [0, 0.05) is 32.8 Å². The Morgan fingerprint density at radius 2 is 1.88 bits per heavy atom. The second-order valence-corrected chi connectivity index (χ2v) is 7.23. The van der Waals surface area contributed by atoms with E-state index in [1.807, 2.05) is 35.2 Å². The summed E-state index contributed by atoms with van der Waals surface area (Å²) in [5.41, 5.74) is 0.828. The van der Waals surface area contributed by atoms with Crippen molar-refractivity contribution in [1.29, 1.82) is 0 Å². The first-order valence-electron chi connectivity index (χ1n) is 9.57. The van der Waals surface area contributed by atoms with Gasteiger partial charge in [-0.1, -0.05) is 30.3 Å². The summed E-state index contributed by atoms with van der Waals surface area (Å²) < 4.78 is 5.66. The molecule has 0 aromatic heterocycles. The normalized spacial score (nSPS) is 22.7. The van der Waals surface area contributed by atoms with Crippen LogP contribution in [-0.2, 0) is 14.3 Å². The molecule has 6 heteroatoms. The highest BCUT2D eigenvalue weighted by molar-refractivity contribution is 5.89. The fourth-order valence-corrected chi connectivity index (χ4v) is 3.54. The molecular weight excluding hydrogens is 330 g/mol. The lowest BCUT2D eigenvalue weighted by atomic mass is 10.0. The molecule has 2 saturated heterocycles. The molecule has 2 fully saturated rings. The van der Waals surface area contributed by atoms with E-state index in [1.54, 1.807) is 0 Å². The van der Waals surface area contributed by atoms with E-state index in [0.29, 0.717) is 19.5 Å². The van der Waals surface area contributed by atoms with Gasteiger partial charge < -0.3 is 19.9 Å². The van der Waals surface area contributed by atoms with E-state index < -0.39 is 6.04 Å². The van der Waals surface area contributed by atoms with E-state index >= 15 is 0 Å². The fraction of sp³-hybridized carbons (Fsp3) is 0.600. The highest BCUT2D eigenvalue weighted by atomic mass is 16.5. The summed E-state index contributed by atoms with van der Waals surface area (Å²) in [4.78, 5) is 29.7. The number of carbonyl (C=O) groups is 2. The minimum atomic E-state index is -0.629. The Bertz CT molecular complexity index is 594. The second-order valence-electron chi connectivity index (χ2n) is 7.23. The summed E-state index contributed by atoms with van der Waals surface area (Å²) in [6.45, 7) is 3.83. The van der Waals surface area contributed by atoms with Crippen LogP contribution >= 0.6 is 0 Å². The standard InChI is InChI=1S/C20H29N3O3/c1-22-10-12-23(13-11-22)20(25)19(16-7-3-2-4-8-16)21-18(24)15-17-9-5-6-14-26-17/h2-4,7-8,17,19H,5-6,9-15H2,1H3,(H,21,24). The van der Waals surface area contributed by atoms with Crippen molar-refractivity contribution in [3.05, 3.63) is 35.9 Å². The van der Waals surface area contributed by atoms with E-state index in [9.17, 15) is 9.59 Å². The van der Waals surface area contributed by atoms with Crippen molar-refractivity contribution < 1.29 is 14.3 Å². The third kappa shape index (κ3) is 5.05. The predicted octanol–water partition coefficient (Wildman–Crippen LogP) is 1.58. The number of carbonyl (C=O) groups excluding carboxylic acids is 2. The summed E-state index contributed by atoms with van der Waals surface area (Å²) in [6.07, 6.45) is 3.36. The van der Waals surface area contributed by atoms with Gasteiger partial charge in [0.2, 0.25) is 11.8 Å². The molecule has 0 spiro atoms. The number of rotatable bonds is 5. The maximum absolute atomic E-state index is 13.1. The van der Waals surface area contributed by atoms with Crippen LogP contribution in [-0.4, -0.2) is 67.6 Å². The first-order chi connectivity index (χ1) is 12.6. The Kier molecular flexibility index (Phi) is 6.63. The lowest BCUT2D eigenvalue weighted by Crippen LogP contribution is -2.51. The molecule has 2 atom stereocenters. The van der Waals surface area contributed by atoms with Crippen LogP contribution in [0.1, 0.15) is 37.3 Å². The molecule has 1 aromatic rings. The number of benzene rings is 1. The smallest absolute Gasteiger partial charge is 0.249 e. The third-order valence-corrected chi connectivity index (χ3v) is 5.19. The van der Waals surface area contributed by atoms with Crippen molar-refractivity contribution in [2.45, 2.75) is 37.8 Å². The molecule has 142 valence electrons. The summed E-state index contributed by atoms with van der Waals surface area (Å²) in [6, 6.07) is 8.88. The maximum Gasteiger partial charge on any atom is 0.249 e. The van der Waals surface area contributed by atoms with E-state index in [4.69, 9.17) is 4.74 Å². The molecule has 1 N–H and O–H groups in total. The lowest BCUT2D eigenvalue weighted by molar-refractivity contribution is -0.138. The summed E-state index contributed by atoms with van der Waals surface area (Å²) in [5.74, 6) is -0.143. The van der Waals surface area contributed by atoms with Crippen LogP contribution in [0.2, 0.25) is 0 Å². The van der Waals surface area contributed by atoms with Crippen molar-refractivity contribution in [2.75, 3.05) is 39.8 Å². The van der Waals surface area contributed by atoms with Gasteiger partial charge in [0.15, 0.2) is 0 Å². The average Bonchev–Trinajstić information content (AvgIpc) is 2.68. The molecule has 26 heavy (non-hydrogen) atoms. The zero-order valence-corrected chi connectivity index (χ0v) is 15.5. The van der Waals surface area contributed by atoms with E-state index in [0.717, 1.165) is 44.5 Å². The molecule has 0 bridgehead atoms. The van der Waals surface area contributed by atoms with Gasteiger partial charge in [0.05, 0.1) is 12.5 Å². The number of nitrogens with zero attached hydrogens (tertiary/aromatic N) is 2. The van der Waals surface area contributed by atoms with Crippen LogP contribution in [0.5, 0.6) is 0 Å². The monoisotopic (exact) mass is 359 g/mol. The zero-order valence-electron chi connectivity index (χ0n) is 15.5. The maximum atomic E-state index is 13.1. The van der Waals surface area contributed by atoms with Gasteiger partial charge in [-0.05, 0) is 31.9 Å². The van der Waals surface area contributed by atoms with E-state index in [1.165, 1.54) is 0 Å². The molecule has 3 rings (SSSR count). The number of piperazine rings is 1. The third-order valence-electron chi connectivity index (χ3n) is 5.19. The molecule has 0 radical (unpaired) electrons. The Labute approximate surface area is 155 Å². The summed E-state index contributed by atoms with van der Waals surface area (Å²) in [5, 5.41) is 2.97. The van der Waals surface area contributed by atoms with Crippen molar-refractivity contribution >= 4 is 11.8 Å². The molecule has 2 aliphatic rings. The fourth-order valence-electron chi connectivity index (χ4n) is 3.54. The van der Waals surface area contributed by atoms with Gasteiger partial charge in [0.25, 0.3) is 0 Å². The molecule has 2 amide bonds. The lowest BCUT2D eigenvalue weighted by Gasteiger charge is -2.35. The quantitative estimate of drug-likeness (QED) is 0.867. The topological polar surface area (TPSA) is 61.9 Å². The SMILES string of the molecule is CN1CCN(C(=O)C(NC(=O)CC2CCCCO2)c2ccccc2)CC1. The van der Waals surface area contributed by atoms with Gasteiger partial charge in [-0.25, -0.2) is 0 Å². The van der Waals surface area contributed by atoms with Crippen LogP contribution in [0.15, 0.2) is 30.3 Å². The summed E-state index contributed by atoms with van der Waals surface area (Å²) >= 11 is 0. The Hall–Kier alpha value is -1.92. The van der Waals surface area contributed by atoms with Crippen LogP contribution in [0.3, 0.4) is 0 Å². The van der Waals surface area contributed by atoms with Crippen LogP contribution < -0.4 is 5.32 Å². The van der Waals surface area contributed by atoms with Gasteiger partial charge in [-0.3, -0.25) is 9.59 Å².